The SMILES string of the molecule is CCC[C@@H]1O[C@@H]2C[C@H]3[C@@H]4CCC5=CC(=O)C=C[C@]5(C)[C@H]4[C@@H](O)C[C@]3(C)[C@]2(C(=O)CO)O1.CS(=O)(=O)Nc1ccc([N+](=O)[O-])cc1Oc1ccccc1. The topological polar surface area (TPSA) is 192 Å². The number of benzene rings is 2. The molecule has 4 fully saturated rings. The van der Waals surface area contributed by atoms with Gasteiger partial charge in [-0.2, -0.15) is 0 Å². The van der Waals surface area contributed by atoms with E-state index < -0.39 is 51.1 Å². The molecule has 0 radical (unpaired) electrons. The second-order valence-corrected chi connectivity index (χ2v) is 16.7. The molecule has 1 aliphatic heterocycles. The van der Waals surface area contributed by atoms with Crippen LogP contribution in [0.3, 0.4) is 0 Å². The number of ether oxygens (including phenoxy) is 3. The summed E-state index contributed by atoms with van der Waals surface area (Å²) in [6, 6.07) is 12.2. The molecule has 52 heavy (non-hydrogen) atoms. The van der Waals surface area contributed by atoms with Crippen LogP contribution < -0.4 is 9.46 Å². The Kier molecular flexibility index (Phi) is 10.3. The van der Waals surface area contributed by atoms with Crippen LogP contribution in [0.15, 0.2) is 72.3 Å². The zero-order valence-electron chi connectivity index (χ0n) is 29.7. The Morgan fingerprint density at radius 1 is 1.17 bits per heavy atom. The zero-order valence-corrected chi connectivity index (χ0v) is 30.5. The minimum Gasteiger partial charge on any atom is -0.455 e. The first-order valence-corrected chi connectivity index (χ1v) is 19.5. The summed E-state index contributed by atoms with van der Waals surface area (Å²) in [7, 11) is -3.52. The number of allylic oxidation sites excluding steroid dienone is 4. The minimum atomic E-state index is -3.52. The van der Waals surface area contributed by atoms with E-state index in [1.807, 2.05) is 6.08 Å². The minimum absolute atomic E-state index is 0.0125. The Morgan fingerprint density at radius 3 is 2.56 bits per heavy atom. The van der Waals surface area contributed by atoms with Gasteiger partial charge in [0, 0.05) is 22.8 Å². The summed E-state index contributed by atoms with van der Waals surface area (Å²) >= 11 is 0. The average Bonchev–Trinajstić information content (AvgIpc) is 3.57. The third-order valence-electron chi connectivity index (χ3n) is 11.8. The number of Topliss-reactive ketones (excluding diaryl/α,β-unsaturated/α-hetero) is 1. The van der Waals surface area contributed by atoms with E-state index in [1.54, 1.807) is 42.5 Å². The number of nitrogens with one attached hydrogen (secondary N) is 1. The molecule has 9 atom stereocenters. The van der Waals surface area contributed by atoms with E-state index in [9.17, 15) is 38.3 Å². The molecule has 3 saturated carbocycles. The summed E-state index contributed by atoms with van der Waals surface area (Å²) in [5.41, 5.74) is -1.11. The van der Waals surface area contributed by atoms with Crippen LogP contribution >= 0.6 is 0 Å². The fraction of sp³-hybridized carbons (Fsp3) is 0.526. The third kappa shape index (κ3) is 6.59. The van der Waals surface area contributed by atoms with Crippen LogP contribution in [-0.2, 0) is 29.1 Å². The maximum absolute atomic E-state index is 13.2. The molecule has 14 heteroatoms. The van der Waals surface area contributed by atoms with Crippen molar-refractivity contribution in [3.8, 4) is 11.5 Å². The van der Waals surface area contributed by atoms with Gasteiger partial charge in [0.1, 0.15) is 12.4 Å². The predicted octanol–water partition coefficient (Wildman–Crippen LogP) is 5.48. The van der Waals surface area contributed by atoms with Crippen molar-refractivity contribution in [3.05, 3.63) is 82.4 Å². The van der Waals surface area contributed by atoms with Gasteiger partial charge in [0.2, 0.25) is 10.0 Å². The highest BCUT2D eigenvalue weighted by atomic mass is 32.2. The molecule has 3 N–H and O–H groups in total. The number of ketones is 2. The first-order chi connectivity index (χ1) is 24.6. The van der Waals surface area contributed by atoms with Crippen LogP contribution in [0.2, 0.25) is 0 Å². The van der Waals surface area contributed by atoms with Crippen LogP contribution in [0.1, 0.15) is 59.3 Å². The summed E-state index contributed by atoms with van der Waals surface area (Å²) in [6.07, 6.45) is 9.30. The molecule has 0 unspecified atom stereocenters. The second-order valence-electron chi connectivity index (χ2n) is 15.0. The average molecular weight is 739 g/mol. The van der Waals surface area contributed by atoms with Crippen molar-refractivity contribution in [2.45, 2.75) is 83.4 Å². The Bertz CT molecular complexity index is 1900. The van der Waals surface area contributed by atoms with Gasteiger partial charge in [-0.25, -0.2) is 8.42 Å². The lowest BCUT2D eigenvalue weighted by molar-refractivity contribution is -0.384. The largest absolute Gasteiger partial charge is 0.455 e. The Hall–Kier alpha value is -3.95. The number of carbonyl (C=O) groups excluding carboxylic acids is 2. The van der Waals surface area contributed by atoms with Crippen LogP contribution in [0.25, 0.3) is 0 Å². The van der Waals surface area contributed by atoms with Gasteiger partial charge in [-0.3, -0.25) is 24.4 Å². The van der Waals surface area contributed by atoms with E-state index in [1.165, 1.54) is 18.2 Å². The van der Waals surface area contributed by atoms with Gasteiger partial charge in [0.05, 0.1) is 35.1 Å². The molecule has 2 aromatic rings. The normalized spacial score (nSPS) is 34.4. The number of nitrogens with zero attached hydrogens (tertiary/aromatic N) is 1. The molecule has 7 rings (SSSR count). The first-order valence-electron chi connectivity index (χ1n) is 17.6. The van der Waals surface area contributed by atoms with Crippen molar-refractivity contribution in [2.24, 2.45) is 28.6 Å². The van der Waals surface area contributed by atoms with Gasteiger partial charge in [0.25, 0.3) is 5.69 Å². The number of anilines is 1. The summed E-state index contributed by atoms with van der Waals surface area (Å²) in [5.74, 6) is 0.523. The van der Waals surface area contributed by atoms with Crippen molar-refractivity contribution < 1.29 is 47.4 Å². The fourth-order valence-electron chi connectivity index (χ4n) is 9.73. The third-order valence-corrected chi connectivity index (χ3v) is 12.4. The molecule has 1 heterocycles. The van der Waals surface area contributed by atoms with E-state index >= 15 is 0 Å². The van der Waals surface area contributed by atoms with Gasteiger partial charge >= 0.3 is 0 Å². The summed E-state index contributed by atoms with van der Waals surface area (Å²) in [6.45, 7) is 5.67. The van der Waals surface area contributed by atoms with E-state index in [-0.39, 0.29) is 51.9 Å². The lowest BCUT2D eigenvalue weighted by Gasteiger charge is -2.59. The summed E-state index contributed by atoms with van der Waals surface area (Å²) in [5, 5.41) is 32.2. The van der Waals surface area contributed by atoms with Crippen molar-refractivity contribution in [3.63, 3.8) is 0 Å². The van der Waals surface area contributed by atoms with Crippen LogP contribution in [0, 0.1) is 38.7 Å². The maximum Gasteiger partial charge on any atom is 0.273 e. The molecule has 13 nitrogen and oxygen atoms in total. The van der Waals surface area contributed by atoms with Gasteiger partial charge < -0.3 is 24.4 Å². The Labute approximate surface area is 303 Å². The van der Waals surface area contributed by atoms with Gasteiger partial charge in [-0.05, 0) is 74.3 Å². The van der Waals surface area contributed by atoms with E-state index in [0.29, 0.717) is 25.0 Å². The standard InChI is InChI=1S/C25H34O6.C13H12N2O5S/c1-4-5-21-30-20-11-17-16-7-6-14-10-15(27)8-9-23(14,2)22(16)18(28)12-24(17,3)25(20,31-21)19(29)13-26;1-21(18,19)14-12-8-7-10(15(16)17)9-13(12)20-11-5-3-2-4-6-11/h8-10,16-18,20-22,26,28H,4-7,11-13H2,1-3H3;2-9,14H,1H3/t16-,17-,18-,20+,21+,22+,23-,24-,25+;/m0./s1. The molecule has 0 bridgehead atoms. The number of aliphatic hydroxyl groups excluding tert-OH is 2. The zero-order chi connectivity index (χ0) is 37.6. The number of nitro benzene ring substituents is 1. The number of rotatable bonds is 9. The monoisotopic (exact) mass is 738 g/mol. The highest BCUT2D eigenvalue weighted by Gasteiger charge is 2.75. The quantitative estimate of drug-likeness (QED) is 0.218. The molecule has 0 amide bonds. The molecule has 2 aromatic carbocycles. The number of hydrogen-bond acceptors (Lipinski definition) is 11. The highest BCUT2D eigenvalue weighted by Crippen LogP contribution is 2.69. The number of fused-ring (bicyclic) bond motifs is 7. The van der Waals surface area contributed by atoms with Crippen LogP contribution in [-0.4, -0.2) is 72.1 Å². The van der Waals surface area contributed by atoms with Crippen molar-refractivity contribution in [2.75, 3.05) is 17.6 Å². The molecular formula is C38H46N2O11S. The van der Waals surface area contributed by atoms with Crippen molar-refractivity contribution in [1.82, 2.24) is 0 Å². The number of nitro groups is 1. The lowest BCUT2D eigenvalue weighted by Crippen LogP contribution is -2.63. The van der Waals surface area contributed by atoms with Crippen molar-refractivity contribution >= 4 is 33.0 Å². The van der Waals surface area contributed by atoms with Gasteiger partial charge in [0.15, 0.2) is 29.2 Å². The van der Waals surface area contributed by atoms with E-state index in [4.69, 9.17) is 14.2 Å². The molecule has 5 aliphatic rings. The second kappa shape index (κ2) is 14.1. The Balaban J connectivity index is 0.000000194. The molecule has 0 aromatic heterocycles. The molecule has 0 spiro atoms. The fourth-order valence-corrected chi connectivity index (χ4v) is 10.3. The smallest absolute Gasteiger partial charge is 0.273 e. The number of carbonyl (C=O) groups is 2. The number of sulfonamides is 1. The van der Waals surface area contributed by atoms with Crippen LogP contribution in [0.5, 0.6) is 11.5 Å². The van der Waals surface area contributed by atoms with Crippen LogP contribution in [0.4, 0.5) is 11.4 Å². The highest BCUT2D eigenvalue weighted by molar-refractivity contribution is 7.92. The predicted molar refractivity (Wildman–Crippen MR) is 191 cm³/mol. The van der Waals surface area contributed by atoms with E-state index in [0.717, 1.165) is 31.1 Å². The molecule has 1 saturated heterocycles. The Morgan fingerprint density at radius 2 is 1.90 bits per heavy atom. The number of aliphatic hydroxyl groups is 2. The first kappa shape index (κ1) is 37.8. The van der Waals surface area contributed by atoms with Gasteiger partial charge in [-0.15, -0.1) is 0 Å². The summed E-state index contributed by atoms with van der Waals surface area (Å²) < 4.78 is 43.1. The maximum atomic E-state index is 13.2. The van der Waals surface area contributed by atoms with E-state index in [2.05, 4.69) is 25.5 Å². The van der Waals surface area contributed by atoms with Gasteiger partial charge in [-0.1, -0.05) is 57.0 Å². The molecule has 280 valence electrons. The van der Waals surface area contributed by atoms with Crippen molar-refractivity contribution in [1.29, 1.82) is 0 Å². The lowest BCUT2D eigenvalue weighted by atomic mass is 9.46. The number of non-ortho nitro benzene ring substituents is 1. The molecule has 4 aliphatic carbocycles. The summed E-state index contributed by atoms with van der Waals surface area (Å²) in [4.78, 5) is 35.4. The number of para-hydroxylation sites is 1. The number of hydrogen-bond donors (Lipinski definition) is 3. The molecular weight excluding hydrogens is 692 g/mol.